The number of hydrogen-bond donors (Lipinski definition) is 1. The molecule has 0 saturated carbocycles. The van der Waals surface area contributed by atoms with Crippen molar-refractivity contribution >= 4 is 21.6 Å². The molecular weight excluding hydrogens is 256 g/mol. The summed E-state index contributed by atoms with van der Waals surface area (Å²) in [5.74, 6) is 0.554. The first-order valence-corrected chi connectivity index (χ1v) is 5.93. The van der Waals surface area contributed by atoms with Crippen LogP contribution in [0.5, 0.6) is 0 Å². The molecule has 15 heavy (non-hydrogen) atoms. The number of pyridine rings is 1. The lowest BCUT2D eigenvalue weighted by molar-refractivity contribution is 0.368. The van der Waals surface area contributed by atoms with Crippen molar-refractivity contribution in [1.82, 2.24) is 4.57 Å². The van der Waals surface area contributed by atoms with Gasteiger partial charge in [-0.1, -0.05) is 20.3 Å². The summed E-state index contributed by atoms with van der Waals surface area (Å²) in [5.41, 5.74) is 5.79. The monoisotopic (exact) mass is 272 g/mol. The van der Waals surface area contributed by atoms with E-state index in [1.807, 2.05) is 4.57 Å². The lowest BCUT2D eigenvalue weighted by Gasteiger charge is -2.22. The molecule has 0 amide bonds. The Balaban J connectivity index is 3.11. The largest absolute Gasteiger partial charge is 0.394 e. The van der Waals surface area contributed by atoms with Crippen LogP contribution >= 0.6 is 15.9 Å². The molecule has 0 aliphatic heterocycles. The standard InChI is InChI=1S/C11H17BrN2O/c1-4-7(2)8(3)14-5-9(12)11(15)10(13)6-14/h5-8H,4,13H2,1-3H3. The molecule has 0 radical (unpaired) electrons. The Morgan fingerprint density at radius 3 is 2.53 bits per heavy atom. The van der Waals surface area contributed by atoms with Gasteiger partial charge in [0.1, 0.15) is 0 Å². The second kappa shape index (κ2) is 4.84. The van der Waals surface area contributed by atoms with Gasteiger partial charge in [0.25, 0.3) is 0 Å². The van der Waals surface area contributed by atoms with E-state index in [0.29, 0.717) is 22.1 Å². The number of nitrogens with zero attached hydrogens (tertiary/aromatic N) is 1. The Morgan fingerprint density at radius 1 is 1.47 bits per heavy atom. The van der Waals surface area contributed by atoms with Crippen LogP contribution in [0.4, 0.5) is 5.69 Å². The number of nitrogens with two attached hydrogens (primary N) is 1. The SMILES string of the molecule is CCC(C)C(C)n1cc(N)c(=O)c(Br)c1. The maximum absolute atomic E-state index is 11.4. The van der Waals surface area contributed by atoms with Gasteiger partial charge in [-0.3, -0.25) is 4.79 Å². The first-order chi connectivity index (χ1) is 6.97. The lowest BCUT2D eigenvalue weighted by atomic mass is 10.0. The molecular formula is C11H17BrN2O. The maximum Gasteiger partial charge on any atom is 0.218 e. The van der Waals surface area contributed by atoms with Crippen LogP contribution in [0.15, 0.2) is 21.7 Å². The third kappa shape index (κ3) is 2.62. The second-order valence-electron chi connectivity index (χ2n) is 3.96. The predicted octanol–water partition coefficient (Wildman–Crippen LogP) is 2.80. The van der Waals surface area contributed by atoms with Gasteiger partial charge >= 0.3 is 0 Å². The van der Waals surface area contributed by atoms with Crippen LogP contribution in [-0.4, -0.2) is 4.57 Å². The van der Waals surface area contributed by atoms with Gasteiger partial charge < -0.3 is 10.3 Å². The van der Waals surface area contributed by atoms with E-state index < -0.39 is 0 Å². The van der Waals surface area contributed by atoms with Crippen molar-refractivity contribution in [1.29, 1.82) is 0 Å². The molecule has 1 rings (SSSR count). The molecule has 1 aromatic heterocycles. The van der Waals surface area contributed by atoms with E-state index in [2.05, 4.69) is 36.7 Å². The summed E-state index contributed by atoms with van der Waals surface area (Å²) in [5, 5.41) is 0. The predicted molar refractivity (Wildman–Crippen MR) is 67.0 cm³/mol. The van der Waals surface area contributed by atoms with Gasteiger partial charge in [-0.05, 0) is 28.8 Å². The zero-order valence-electron chi connectivity index (χ0n) is 9.33. The minimum absolute atomic E-state index is 0.136. The van der Waals surface area contributed by atoms with Crippen LogP contribution < -0.4 is 11.2 Å². The van der Waals surface area contributed by atoms with E-state index in [0.717, 1.165) is 6.42 Å². The Hall–Kier alpha value is -0.770. The van der Waals surface area contributed by atoms with Crippen molar-refractivity contribution in [3.8, 4) is 0 Å². The molecule has 0 fully saturated rings. The molecule has 0 aliphatic carbocycles. The maximum atomic E-state index is 11.4. The molecule has 84 valence electrons. The Bertz CT molecular complexity index is 374. The first kappa shape index (κ1) is 12.3. The molecule has 0 bridgehead atoms. The third-order valence-corrected chi connectivity index (χ3v) is 3.53. The summed E-state index contributed by atoms with van der Waals surface area (Å²) in [6.45, 7) is 6.47. The molecule has 0 aromatic carbocycles. The van der Waals surface area contributed by atoms with Crippen molar-refractivity contribution in [2.24, 2.45) is 5.92 Å². The average molecular weight is 273 g/mol. The van der Waals surface area contributed by atoms with Gasteiger partial charge in [-0.2, -0.15) is 0 Å². The summed E-state index contributed by atoms with van der Waals surface area (Å²) in [6.07, 6.45) is 4.62. The highest BCUT2D eigenvalue weighted by atomic mass is 79.9. The second-order valence-corrected chi connectivity index (χ2v) is 4.82. The highest BCUT2D eigenvalue weighted by Gasteiger charge is 2.13. The molecule has 3 nitrogen and oxygen atoms in total. The van der Waals surface area contributed by atoms with Crippen LogP contribution in [-0.2, 0) is 0 Å². The van der Waals surface area contributed by atoms with Gasteiger partial charge in [-0.15, -0.1) is 0 Å². The zero-order valence-corrected chi connectivity index (χ0v) is 10.9. The van der Waals surface area contributed by atoms with Crippen molar-refractivity contribution in [2.75, 3.05) is 5.73 Å². The van der Waals surface area contributed by atoms with Gasteiger partial charge in [0.2, 0.25) is 5.43 Å². The van der Waals surface area contributed by atoms with Crippen molar-refractivity contribution in [3.63, 3.8) is 0 Å². The number of nitrogen functional groups attached to an aromatic ring is 1. The smallest absolute Gasteiger partial charge is 0.218 e. The van der Waals surface area contributed by atoms with E-state index in [1.165, 1.54) is 0 Å². The minimum atomic E-state index is -0.136. The summed E-state index contributed by atoms with van der Waals surface area (Å²) >= 11 is 3.22. The fourth-order valence-electron chi connectivity index (χ4n) is 1.45. The van der Waals surface area contributed by atoms with Gasteiger partial charge in [-0.25, -0.2) is 0 Å². The normalized spacial score (nSPS) is 14.9. The summed E-state index contributed by atoms with van der Waals surface area (Å²) < 4.78 is 2.52. The van der Waals surface area contributed by atoms with Crippen LogP contribution in [0.2, 0.25) is 0 Å². The van der Waals surface area contributed by atoms with Gasteiger partial charge in [0.15, 0.2) is 0 Å². The van der Waals surface area contributed by atoms with Crippen LogP contribution in [0, 0.1) is 5.92 Å². The van der Waals surface area contributed by atoms with Crippen molar-refractivity contribution in [3.05, 3.63) is 27.1 Å². The molecule has 1 heterocycles. The molecule has 4 heteroatoms. The molecule has 2 unspecified atom stereocenters. The number of aromatic nitrogens is 1. The highest BCUT2D eigenvalue weighted by molar-refractivity contribution is 9.10. The van der Waals surface area contributed by atoms with Crippen molar-refractivity contribution in [2.45, 2.75) is 33.2 Å². The fraction of sp³-hybridized carbons (Fsp3) is 0.545. The molecule has 2 N–H and O–H groups in total. The first-order valence-electron chi connectivity index (χ1n) is 5.14. The number of halogens is 1. The molecule has 1 aromatic rings. The highest BCUT2D eigenvalue weighted by Crippen LogP contribution is 2.21. The topological polar surface area (TPSA) is 48.0 Å². The zero-order chi connectivity index (χ0) is 11.6. The van der Waals surface area contributed by atoms with Crippen molar-refractivity contribution < 1.29 is 0 Å². The number of anilines is 1. The third-order valence-electron chi connectivity index (χ3n) is 2.97. The average Bonchev–Trinajstić information content (AvgIpc) is 2.23. The van der Waals surface area contributed by atoms with E-state index in [-0.39, 0.29) is 5.43 Å². The van der Waals surface area contributed by atoms with E-state index in [1.54, 1.807) is 12.4 Å². The van der Waals surface area contributed by atoms with Crippen LogP contribution in [0.25, 0.3) is 0 Å². The quantitative estimate of drug-likeness (QED) is 0.920. The Kier molecular flexibility index (Phi) is 3.97. The molecule has 0 aliphatic rings. The lowest BCUT2D eigenvalue weighted by Crippen LogP contribution is -2.18. The van der Waals surface area contributed by atoms with Crippen LogP contribution in [0.1, 0.15) is 33.2 Å². The molecule has 0 spiro atoms. The summed E-state index contributed by atoms with van der Waals surface area (Å²) in [7, 11) is 0. The minimum Gasteiger partial charge on any atom is -0.394 e. The van der Waals surface area contributed by atoms with E-state index >= 15 is 0 Å². The van der Waals surface area contributed by atoms with E-state index in [9.17, 15) is 4.79 Å². The number of rotatable bonds is 3. The van der Waals surface area contributed by atoms with Gasteiger partial charge in [0, 0.05) is 18.4 Å². The summed E-state index contributed by atoms with van der Waals surface area (Å²) in [6, 6.07) is 0.342. The number of hydrogen-bond acceptors (Lipinski definition) is 2. The Morgan fingerprint density at radius 2 is 2.07 bits per heavy atom. The molecule has 2 atom stereocenters. The summed E-state index contributed by atoms with van der Waals surface area (Å²) in [4.78, 5) is 11.4. The fourth-order valence-corrected chi connectivity index (χ4v) is 1.92. The van der Waals surface area contributed by atoms with Crippen LogP contribution in [0.3, 0.4) is 0 Å². The molecule has 0 saturated heterocycles. The van der Waals surface area contributed by atoms with E-state index in [4.69, 9.17) is 5.73 Å². The van der Waals surface area contributed by atoms with Gasteiger partial charge in [0.05, 0.1) is 10.2 Å². The Labute approximate surface area is 98.4 Å².